The van der Waals surface area contributed by atoms with Crippen LogP contribution in [0.15, 0.2) is 34.7 Å². The number of nitrogens with one attached hydrogen (secondary N) is 1. The van der Waals surface area contributed by atoms with Crippen molar-refractivity contribution < 1.29 is 22.7 Å². The molecule has 1 aliphatic carbocycles. The zero-order valence-corrected chi connectivity index (χ0v) is 16.2. The number of methoxy groups -OCH3 is 2. The van der Waals surface area contributed by atoms with Crippen molar-refractivity contribution >= 4 is 15.7 Å². The molecular formula is C19H27NO5S. The van der Waals surface area contributed by atoms with Gasteiger partial charge in [0.2, 0.25) is 5.91 Å². The van der Waals surface area contributed by atoms with Crippen LogP contribution in [0.5, 0.6) is 11.5 Å². The van der Waals surface area contributed by atoms with Crippen molar-refractivity contribution in [1.82, 2.24) is 5.32 Å². The Morgan fingerprint density at radius 1 is 1.15 bits per heavy atom. The third-order valence-corrected chi connectivity index (χ3v) is 6.18. The van der Waals surface area contributed by atoms with Gasteiger partial charge in [-0.05, 0) is 44.2 Å². The zero-order valence-electron chi connectivity index (χ0n) is 15.4. The summed E-state index contributed by atoms with van der Waals surface area (Å²) in [5.74, 6) is 0.322. The zero-order chi connectivity index (χ0) is 19.0. The summed E-state index contributed by atoms with van der Waals surface area (Å²) in [5, 5.41) is 2.81. The van der Waals surface area contributed by atoms with Crippen LogP contribution in [-0.2, 0) is 14.6 Å². The van der Waals surface area contributed by atoms with Crippen LogP contribution in [-0.4, -0.2) is 40.8 Å². The predicted molar refractivity (Wildman–Crippen MR) is 100 cm³/mol. The van der Waals surface area contributed by atoms with Crippen molar-refractivity contribution in [2.24, 2.45) is 0 Å². The van der Waals surface area contributed by atoms with Crippen molar-refractivity contribution in [2.45, 2.75) is 43.4 Å². The SMILES string of the molecule is COc1ccc(S(=O)(=O)CCC(=O)NCCC2=CCCCC2)cc1OC. The first-order valence-electron chi connectivity index (χ1n) is 8.85. The fourth-order valence-corrected chi connectivity index (χ4v) is 4.19. The molecule has 0 radical (unpaired) electrons. The van der Waals surface area contributed by atoms with Crippen molar-refractivity contribution in [2.75, 3.05) is 26.5 Å². The van der Waals surface area contributed by atoms with Crippen molar-refractivity contribution in [3.05, 3.63) is 29.8 Å². The first-order chi connectivity index (χ1) is 12.5. The van der Waals surface area contributed by atoms with Crippen LogP contribution in [0.1, 0.15) is 38.5 Å². The second-order valence-corrected chi connectivity index (χ2v) is 8.40. The van der Waals surface area contributed by atoms with Gasteiger partial charge in [-0.3, -0.25) is 4.79 Å². The highest BCUT2D eigenvalue weighted by Crippen LogP contribution is 2.29. The van der Waals surface area contributed by atoms with Gasteiger partial charge in [-0.15, -0.1) is 0 Å². The summed E-state index contributed by atoms with van der Waals surface area (Å²) >= 11 is 0. The molecule has 0 saturated heterocycles. The molecule has 26 heavy (non-hydrogen) atoms. The first-order valence-corrected chi connectivity index (χ1v) is 10.5. The van der Waals surface area contributed by atoms with Gasteiger partial charge in [-0.2, -0.15) is 0 Å². The number of hydrogen-bond acceptors (Lipinski definition) is 5. The van der Waals surface area contributed by atoms with Gasteiger partial charge < -0.3 is 14.8 Å². The van der Waals surface area contributed by atoms with E-state index in [1.54, 1.807) is 6.07 Å². The molecule has 2 rings (SSSR count). The van der Waals surface area contributed by atoms with Gasteiger partial charge >= 0.3 is 0 Å². The Balaban J connectivity index is 1.85. The van der Waals surface area contributed by atoms with E-state index in [1.165, 1.54) is 44.8 Å². The van der Waals surface area contributed by atoms with E-state index in [1.807, 2.05) is 0 Å². The quantitative estimate of drug-likeness (QED) is 0.665. The van der Waals surface area contributed by atoms with Gasteiger partial charge in [0.1, 0.15) is 0 Å². The third-order valence-electron chi connectivity index (χ3n) is 4.47. The van der Waals surface area contributed by atoms with Crippen LogP contribution in [0.25, 0.3) is 0 Å². The number of carbonyl (C=O) groups excluding carboxylic acids is 1. The van der Waals surface area contributed by atoms with E-state index in [0.717, 1.165) is 19.3 Å². The topological polar surface area (TPSA) is 81.7 Å². The Bertz CT molecular complexity index is 755. The monoisotopic (exact) mass is 381 g/mol. The molecule has 1 aromatic rings. The van der Waals surface area contributed by atoms with Crippen molar-refractivity contribution in [1.29, 1.82) is 0 Å². The largest absolute Gasteiger partial charge is 0.493 e. The highest BCUT2D eigenvalue weighted by Gasteiger charge is 2.19. The van der Waals surface area contributed by atoms with Gasteiger partial charge in [0, 0.05) is 19.0 Å². The molecule has 0 fully saturated rings. The van der Waals surface area contributed by atoms with Crippen LogP contribution in [0.3, 0.4) is 0 Å². The molecule has 0 aliphatic heterocycles. The summed E-state index contributed by atoms with van der Waals surface area (Å²) in [5.41, 5.74) is 1.38. The third kappa shape index (κ3) is 5.76. The Morgan fingerprint density at radius 2 is 1.92 bits per heavy atom. The molecule has 0 atom stereocenters. The number of carbonyl (C=O) groups is 1. The standard InChI is InChI=1S/C19H27NO5S/c1-24-17-9-8-16(14-18(17)25-2)26(22,23)13-11-19(21)20-12-10-15-6-4-3-5-7-15/h6,8-9,14H,3-5,7,10-13H2,1-2H3,(H,20,21). The highest BCUT2D eigenvalue weighted by atomic mass is 32.2. The molecule has 0 unspecified atom stereocenters. The van der Waals surface area contributed by atoms with Gasteiger partial charge in [0.25, 0.3) is 0 Å². The summed E-state index contributed by atoms with van der Waals surface area (Å²) in [6, 6.07) is 4.43. The average molecular weight is 381 g/mol. The molecule has 0 saturated carbocycles. The van der Waals surface area contributed by atoms with Crippen molar-refractivity contribution in [3.8, 4) is 11.5 Å². The minimum Gasteiger partial charge on any atom is -0.493 e. The molecule has 6 nitrogen and oxygen atoms in total. The molecule has 1 N–H and O–H groups in total. The summed E-state index contributed by atoms with van der Waals surface area (Å²) in [4.78, 5) is 12.1. The molecule has 1 aliphatic rings. The Hall–Kier alpha value is -2.02. The Labute approximate surface area is 155 Å². The number of sulfone groups is 1. The van der Waals surface area contributed by atoms with Crippen LogP contribution < -0.4 is 14.8 Å². The lowest BCUT2D eigenvalue weighted by molar-refractivity contribution is -0.120. The lowest BCUT2D eigenvalue weighted by atomic mass is 9.97. The number of ether oxygens (including phenoxy) is 2. The molecule has 144 valence electrons. The van der Waals surface area contributed by atoms with E-state index in [0.29, 0.717) is 18.0 Å². The number of allylic oxidation sites excluding steroid dienone is 1. The second kappa shape index (κ2) is 9.62. The minimum absolute atomic E-state index is 0.0598. The Kier molecular flexibility index (Phi) is 7.50. The highest BCUT2D eigenvalue weighted by molar-refractivity contribution is 7.91. The summed E-state index contributed by atoms with van der Waals surface area (Å²) < 4.78 is 35.1. The maximum atomic E-state index is 12.4. The van der Waals surface area contributed by atoms with E-state index in [2.05, 4.69) is 11.4 Å². The summed E-state index contributed by atoms with van der Waals surface area (Å²) in [6.45, 7) is 0.557. The molecule has 0 heterocycles. The van der Waals surface area contributed by atoms with Gasteiger partial charge in [0.15, 0.2) is 21.3 Å². The molecule has 0 spiro atoms. The molecule has 0 aromatic heterocycles. The predicted octanol–water partition coefficient (Wildman–Crippen LogP) is 2.87. The number of benzene rings is 1. The summed E-state index contributed by atoms with van der Waals surface area (Å²) in [6.07, 6.45) is 7.70. The molecule has 7 heteroatoms. The minimum atomic E-state index is -3.57. The molecular weight excluding hydrogens is 354 g/mol. The van der Waals surface area contributed by atoms with Gasteiger partial charge in [0.05, 0.1) is 24.9 Å². The smallest absolute Gasteiger partial charge is 0.221 e. The number of amides is 1. The van der Waals surface area contributed by atoms with Crippen LogP contribution >= 0.6 is 0 Å². The number of rotatable bonds is 9. The van der Waals surface area contributed by atoms with Gasteiger partial charge in [-0.1, -0.05) is 11.6 Å². The average Bonchev–Trinajstić information content (AvgIpc) is 2.66. The van der Waals surface area contributed by atoms with E-state index in [4.69, 9.17) is 9.47 Å². The van der Waals surface area contributed by atoms with E-state index in [-0.39, 0.29) is 23.0 Å². The normalized spacial score (nSPS) is 14.5. The molecule has 1 amide bonds. The van der Waals surface area contributed by atoms with Gasteiger partial charge in [-0.25, -0.2) is 8.42 Å². The lowest BCUT2D eigenvalue weighted by Gasteiger charge is -2.13. The lowest BCUT2D eigenvalue weighted by Crippen LogP contribution is -2.27. The first kappa shape index (κ1) is 20.3. The maximum absolute atomic E-state index is 12.4. The molecule has 0 bridgehead atoms. The van der Waals surface area contributed by atoms with Crippen molar-refractivity contribution in [3.63, 3.8) is 0 Å². The van der Waals surface area contributed by atoms with E-state index >= 15 is 0 Å². The fraction of sp³-hybridized carbons (Fsp3) is 0.526. The Morgan fingerprint density at radius 3 is 2.58 bits per heavy atom. The van der Waals surface area contributed by atoms with E-state index < -0.39 is 9.84 Å². The molecule has 1 aromatic carbocycles. The summed E-state index contributed by atoms with van der Waals surface area (Å²) in [7, 11) is -0.632. The van der Waals surface area contributed by atoms with E-state index in [9.17, 15) is 13.2 Å². The van der Waals surface area contributed by atoms with Crippen LogP contribution in [0, 0.1) is 0 Å². The maximum Gasteiger partial charge on any atom is 0.221 e. The second-order valence-electron chi connectivity index (χ2n) is 6.29. The number of hydrogen-bond donors (Lipinski definition) is 1. The van der Waals surface area contributed by atoms with Crippen LogP contribution in [0.4, 0.5) is 0 Å². The van der Waals surface area contributed by atoms with Crippen LogP contribution in [0.2, 0.25) is 0 Å². The fourth-order valence-electron chi connectivity index (χ4n) is 2.94.